The monoisotopic (exact) mass is 200 g/mol. The Morgan fingerprint density at radius 3 is 2.33 bits per heavy atom. The van der Waals surface area contributed by atoms with Gasteiger partial charge in [-0.15, -0.1) is 6.42 Å². The Morgan fingerprint density at radius 1 is 1.40 bits per heavy atom. The zero-order chi connectivity index (χ0) is 10.9. The van der Waals surface area contributed by atoms with Crippen molar-refractivity contribution in [2.75, 3.05) is 0 Å². The first-order valence-electron chi connectivity index (χ1n) is 4.89. The molecule has 0 radical (unpaired) electrons. The molecular weight excluding hydrogens is 188 g/mol. The number of rotatable bonds is 1. The smallest absolute Gasteiger partial charge is 0.304 e. The summed E-state index contributed by atoms with van der Waals surface area (Å²) in [6.07, 6.45) is 6.72. The van der Waals surface area contributed by atoms with E-state index >= 15 is 0 Å². The molecule has 1 aliphatic carbocycles. The van der Waals surface area contributed by atoms with E-state index in [1.54, 1.807) is 0 Å². The molecule has 0 N–H and O–H groups in total. The summed E-state index contributed by atoms with van der Waals surface area (Å²) in [5, 5.41) is 0. The second-order valence-corrected chi connectivity index (χ2v) is 3.85. The molecule has 0 aromatic heterocycles. The maximum Gasteiger partial charge on any atom is 0.304 e. The number of carbonyl (C=O) groups excluding carboxylic acids is 1. The topological polar surface area (TPSA) is 26.3 Å². The van der Waals surface area contributed by atoms with Crippen LogP contribution in [0.2, 0.25) is 0 Å². The summed E-state index contributed by atoms with van der Waals surface area (Å²) < 4.78 is 5.26. The van der Waals surface area contributed by atoms with Gasteiger partial charge >= 0.3 is 5.97 Å². The second-order valence-electron chi connectivity index (χ2n) is 3.85. The van der Waals surface area contributed by atoms with Crippen molar-refractivity contribution in [2.24, 2.45) is 0 Å². The van der Waals surface area contributed by atoms with E-state index in [0.717, 1.165) is 0 Å². The molecular formula is C13H12O2. The van der Waals surface area contributed by atoms with E-state index in [-0.39, 0.29) is 5.97 Å². The largest absolute Gasteiger partial charge is 0.445 e. The van der Waals surface area contributed by atoms with Crippen LogP contribution < -0.4 is 0 Å². The predicted molar refractivity (Wildman–Crippen MR) is 57.2 cm³/mol. The lowest BCUT2D eigenvalue weighted by atomic mass is 10.0. The minimum atomic E-state index is -0.754. The maximum absolute atomic E-state index is 11.0. The molecule has 0 fully saturated rings. The lowest BCUT2D eigenvalue weighted by Gasteiger charge is -2.21. The van der Waals surface area contributed by atoms with E-state index in [2.05, 4.69) is 5.92 Å². The van der Waals surface area contributed by atoms with E-state index in [0.29, 0.717) is 12.8 Å². The molecule has 0 bridgehead atoms. The fourth-order valence-electron chi connectivity index (χ4n) is 2.06. The number of hydrogen-bond acceptors (Lipinski definition) is 2. The first kappa shape index (κ1) is 9.79. The van der Waals surface area contributed by atoms with Gasteiger partial charge in [0.05, 0.1) is 0 Å². The molecule has 1 aromatic carbocycles. The van der Waals surface area contributed by atoms with Crippen molar-refractivity contribution in [3.63, 3.8) is 0 Å². The second kappa shape index (κ2) is 3.43. The van der Waals surface area contributed by atoms with Crippen LogP contribution in [0.25, 0.3) is 0 Å². The third-order valence-electron chi connectivity index (χ3n) is 2.67. The summed E-state index contributed by atoms with van der Waals surface area (Å²) >= 11 is 0. The quantitative estimate of drug-likeness (QED) is 0.509. The summed E-state index contributed by atoms with van der Waals surface area (Å²) in [7, 11) is 0. The van der Waals surface area contributed by atoms with Gasteiger partial charge < -0.3 is 4.74 Å². The Labute approximate surface area is 89.3 Å². The van der Waals surface area contributed by atoms with Gasteiger partial charge in [0.1, 0.15) is 0 Å². The molecule has 2 rings (SSSR count). The van der Waals surface area contributed by atoms with Gasteiger partial charge in [-0.1, -0.05) is 30.2 Å². The summed E-state index contributed by atoms with van der Waals surface area (Å²) in [4.78, 5) is 11.0. The first-order valence-corrected chi connectivity index (χ1v) is 4.89. The van der Waals surface area contributed by atoms with Gasteiger partial charge in [0, 0.05) is 19.8 Å². The van der Waals surface area contributed by atoms with Crippen molar-refractivity contribution < 1.29 is 9.53 Å². The minimum absolute atomic E-state index is 0.319. The molecule has 1 aromatic rings. The van der Waals surface area contributed by atoms with Crippen LogP contribution in [0, 0.1) is 12.3 Å². The van der Waals surface area contributed by atoms with Gasteiger partial charge in [-0.2, -0.15) is 0 Å². The number of fused-ring (bicyclic) bond motifs is 1. The molecule has 1 aliphatic rings. The van der Waals surface area contributed by atoms with Crippen molar-refractivity contribution in [2.45, 2.75) is 25.4 Å². The lowest BCUT2D eigenvalue weighted by molar-refractivity contribution is -0.150. The van der Waals surface area contributed by atoms with E-state index < -0.39 is 5.60 Å². The Morgan fingerprint density at radius 2 is 1.93 bits per heavy atom. The van der Waals surface area contributed by atoms with Gasteiger partial charge in [0.15, 0.2) is 5.60 Å². The van der Waals surface area contributed by atoms with E-state index in [4.69, 9.17) is 11.2 Å². The molecule has 0 unspecified atom stereocenters. The van der Waals surface area contributed by atoms with Gasteiger partial charge in [-0.05, 0) is 11.1 Å². The number of terminal acetylenes is 1. The Hall–Kier alpha value is -1.75. The van der Waals surface area contributed by atoms with Crippen molar-refractivity contribution in [3.05, 3.63) is 35.4 Å². The number of carbonyl (C=O) groups is 1. The van der Waals surface area contributed by atoms with Crippen LogP contribution in [-0.4, -0.2) is 11.6 Å². The van der Waals surface area contributed by atoms with Crippen LogP contribution in [-0.2, 0) is 22.4 Å². The van der Waals surface area contributed by atoms with Gasteiger partial charge in [0.25, 0.3) is 0 Å². The van der Waals surface area contributed by atoms with Crippen LogP contribution in [0.5, 0.6) is 0 Å². The van der Waals surface area contributed by atoms with Crippen LogP contribution in [0.1, 0.15) is 18.1 Å². The number of esters is 1. The fourth-order valence-corrected chi connectivity index (χ4v) is 2.06. The van der Waals surface area contributed by atoms with E-state index in [1.165, 1.54) is 18.1 Å². The van der Waals surface area contributed by atoms with E-state index in [1.807, 2.05) is 24.3 Å². The van der Waals surface area contributed by atoms with Gasteiger partial charge in [-0.25, -0.2) is 0 Å². The SMILES string of the molecule is C#CC1(OC(C)=O)Cc2ccccc2C1. The van der Waals surface area contributed by atoms with Gasteiger partial charge in [0.2, 0.25) is 0 Å². The average Bonchev–Trinajstić information content (AvgIpc) is 2.55. The molecule has 0 saturated carbocycles. The first-order chi connectivity index (χ1) is 7.15. The summed E-state index contributed by atoms with van der Waals surface area (Å²) in [5.74, 6) is 2.29. The number of benzene rings is 1. The Bertz CT molecular complexity index is 415. The molecule has 0 atom stereocenters. The maximum atomic E-state index is 11.0. The molecule has 2 heteroatoms. The summed E-state index contributed by atoms with van der Waals surface area (Å²) in [6, 6.07) is 7.99. The molecule has 0 aliphatic heterocycles. The van der Waals surface area contributed by atoms with Crippen molar-refractivity contribution in [1.29, 1.82) is 0 Å². The van der Waals surface area contributed by atoms with E-state index in [9.17, 15) is 4.79 Å². The number of ether oxygens (including phenoxy) is 1. The normalized spacial score (nSPS) is 16.5. The van der Waals surface area contributed by atoms with Crippen LogP contribution >= 0.6 is 0 Å². The highest BCUT2D eigenvalue weighted by atomic mass is 16.6. The van der Waals surface area contributed by atoms with Crippen molar-refractivity contribution >= 4 is 5.97 Å². The Kier molecular flexibility index (Phi) is 2.24. The highest BCUT2D eigenvalue weighted by Crippen LogP contribution is 2.32. The van der Waals surface area contributed by atoms with Crippen molar-refractivity contribution in [1.82, 2.24) is 0 Å². The van der Waals surface area contributed by atoms with Crippen molar-refractivity contribution in [3.8, 4) is 12.3 Å². The highest BCUT2D eigenvalue weighted by molar-refractivity contribution is 5.67. The number of hydrogen-bond donors (Lipinski definition) is 0. The average molecular weight is 200 g/mol. The molecule has 76 valence electrons. The standard InChI is InChI=1S/C13H12O2/c1-3-13(15-10(2)14)8-11-6-4-5-7-12(11)9-13/h1,4-7H,8-9H2,2H3. The molecule has 0 heterocycles. The minimum Gasteiger partial charge on any atom is -0.445 e. The zero-order valence-electron chi connectivity index (χ0n) is 8.62. The third-order valence-corrected chi connectivity index (χ3v) is 2.67. The molecule has 0 amide bonds. The molecule has 0 spiro atoms. The molecule has 15 heavy (non-hydrogen) atoms. The summed E-state index contributed by atoms with van der Waals surface area (Å²) in [6.45, 7) is 1.39. The van der Waals surface area contributed by atoms with Gasteiger partial charge in [-0.3, -0.25) is 4.79 Å². The molecule has 2 nitrogen and oxygen atoms in total. The summed E-state index contributed by atoms with van der Waals surface area (Å²) in [5.41, 5.74) is 1.60. The zero-order valence-corrected chi connectivity index (χ0v) is 8.62. The highest BCUT2D eigenvalue weighted by Gasteiger charge is 2.38. The van der Waals surface area contributed by atoms with Crippen LogP contribution in [0.3, 0.4) is 0 Å². The lowest BCUT2D eigenvalue weighted by Crippen LogP contribution is -2.33. The third kappa shape index (κ3) is 1.73. The van der Waals surface area contributed by atoms with Crippen LogP contribution in [0.4, 0.5) is 0 Å². The Balaban J connectivity index is 2.30. The fraction of sp³-hybridized carbons (Fsp3) is 0.308. The molecule has 0 saturated heterocycles. The van der Waals surface area contributed by atoms with Crippen LogP contribution in [0.15, 0.2) is 24.3 Å². The predicted octanol–water partition coefficient (Wildman–Crippen LogP) is 1.72.